The molecule has 0 aliphatic heterocycles. The Morgan fingerprint density at radius 3 is 2.76 bits per heavy atom. The number of nitro benzene ring substituents is 1. The maximum absolute atomic E-state index is 11.0. The van der Waals surface area contributed by atoms with Crippen LogP contribution in [-0.4, -0.2) is 4.92 Å². The SMILES string of the molecule is C[C@H](NCc1ccc(Cl)cc1[N+](=O)[O-])c1cccc(Br)c1. The van der Waals surface area contributed by atoms with Gasteiger partial charge in [-0.3, -0.25) is 10.1 Å². The van der Waals surface area contributed by atoms with Crippen molar-refractivity contribution in [3.05, 3.63) is 73.2 Å². The van der Waals surface area contributed by atoms with Crippen molar-refractivity contribution < 1.29 is 4.92 Å². The van der Waals surface area contributed by atoms with Crippen LogP contribution in [0.2, 0.25) is 5.02 Å². The molecule has 0 unspecified atom stereocenters. The van der Waals surface area contributed by atoms with E-state index < -0.39 is 4.92 Å². The summed E-state index contributed by atoms with van der Waals surface area (Å²) < 4.78 is 1.01. The number of nitrogens with one attached hydrogen (secondary N) is 1. The fourth-order valence-electron chi connectivity index (χ4n) is 2.01. The summed E-state index contributed by atoms with van der Waals surface area (Å²) in [6.07, 6.45) is 0. The van der Waals surface area contributed by atoms with Crippen LogP contribution in [0.4, 0.5) is 5.69 Å². The van der Waals surface area contributed by atoms with E-state index in [9.17, 15) is 10.1 Å². The van der Waals surface area contributed by atoms with Gasteiger partial charge in [0.2, 0.25) is 0 Å². The minimum atomic E-state index is -0.410. The molecule has 0 amide bonds. The Hall–Kier alpha value is -1.43. The molecule has 2 aromatic carbocycles. The molecule has 21 heavy (non-hydrogen) atoms. The number of nitro groups is 1. The molecule has 6 heteroatoms. The minimum Gasteiger partial charge on any atom is -0.306 e. The molecule has 2 aromatic rings. The molecule has 2 rings (SSSR count). The Morgan fingerprint density at radius 1 is 1.33 bits per heavy atom. The molecule has 0 heterocycles. The number of nitrogens with zero attached hydrogens (tertiary/aromatic N) is 1. The second kappa shape index (κ2) is 7.02. The number of hydrogen-bond acceptors (Lipinski definition) is 3. The third kappa shape index (κ3) is 4.27. The van der Waals surface area contributed by atoms with Gasteiger partial charge in [-0.2, -0.15) is 0 Å². The van der Waals surface area contributed by atoms with E-state index in [1.807, 2.05) is 31.2 Å². The zero-order valence-corrected chi connectivity index (χ0v) is 13.7. The van der Waals surface area contributed by atoms with Crippen LogP contribution in [0.1, 0.15) is 24.1 Å². The summed E-state index contributed by atoms with van der Waals surface area (Å²) >= 11 is 9.24. The average molecular weight is 370 g/mol. The molecule has 0 radical (unpaired) electrons. The second-order valence-corrected chi connectivity index (χ2v) is 6.04. The molecular formula is C15H14BrClN2O2. The highest BCUT2D eigenvalue weighted by Crippen LogP contribution is 2.24. The van der Waals surface area contributed by atoms with E-state index in [0.29, 0.717) is 17.1 Å². The predicted octanol–water partition coefficient (Wildman–Crippen LogP) is 4.86. The molecule has 0 aliphatic carbocycles. The largest absolute Gasteiger partial charge is 0.306 e. The van der Waals surface area contributed by atoms with Crippen molar-refractivity contribution in [1.82, 2.24) is 5.32 Å². The van der Waals surface area contributed by atoms with Crippen LogP contribution in [0.25, 0.3) is 0 Å². The van der Waals surface area contributed by atoms with Crippen molar-refractivity contribution in [2.75, 3.05) is 0 Å². The quantitative estimate of drug-likeness (QED) is 0.605. The number of hydrogen-bond donors (Lipinski definition) is 1. The predicted molar refractivity (Wildman–Crippen MR) is 87.5 cm³/mol. The molecule has 0 spiro atoms. The van der Waals surface area contributed by atoms with Crippen molar-refractivity contribution >= 4 is 33.2 Å². The standard InChI is InChI=1S/C15H14BrClN2O2/c1-10(11-3-2-4-13(16)7-11)18-9-12-5-6-14(17)8-15(12)19(20)21/h2-8,10,18H,9H2,1H3/t10-/m0/s1. The summed E-state index contributed by atoms with van der Waals surface area (Å²) in [7, 11) is 0. The molecule has 4 nitrogen and oxygen atoms in total. The normalized spacial score (nSPS) is 12.1. The van der Waals surface area contributed by atoms with E-state index in [4.69, 9.17) is 11.6 Å². The van der Waals surface area contributed by atoms with Crippen molar-refractivity contribution in [2.45, 2.75) is 19.5 Å². The van der Waals surface area contributed by atoms with Crippen molar-refractivity contribution in [1.29, 1.82) is 0 Å². The average Bonchev–Trinajstić information content (AvgIpc) is 2.45. The van der Waals surface area contributed by atoms with E-state index in [-0.39, 0.29) is 11.7 Å². The van der Waals surface area contributed by atoms with Gasteiger partial charge in [-0.1, -0.05) is 39.7 Å². The topological polar surface area (TPSA) is 55.2 Å². The van der Waals surface area contributed by atoms with Gasteiger partial charge in [0.1, 0.15) is 0 Å². The summed E-state index contributed by atoms with van der Waals surface area (Å²) in [5.41, 5.74) is 1.77. The first-order valence-electron chi connectivity index (χ1n) is 6.39. The molecule has 0 saturated carbocycles. The Kier molecular flexibility index (Phi) is 5.33. The van der Waals surface area contributed by atoms with E-state index in [0.717, 1.165) is 10.0 Å². The zero-order chi connectivity index (χ0) is 15.4. The monoisotopic (exact) mass is 368 g/mol. The lowest BCUT2D eigenvalue weighted by Crippen LogP contribution is -2.18. The van der Waals surface area contributed by atoms with E-state index in [2.05, 4.69) is 21.2 Å². The highest BCUT2D eigenvalue weighted by molar-refractivity contribution is 9.10. The summed E-state index contributed by atoms with van der Waals surface area (Å²) in [5, 5.41) is 14.7. The maximum Gasteiger partial charge on any atom is 0.275 e. The first-order chi connectivity index (χ1) is 9.97. The van der Waals surface area contributed by atoms with E-state index in [1.165, 1.54) is 6.07 Å². The summed E-state index contributed by atoms with van der Waals surface area (Å²) in [5.74, 6) is 0. The molecule has 1 atom stereocenters. The molecule has 0 aliphatic rings. The highest BCUT2D eigenvalue weighted by Gasteiger charge is 2.15. The molecule has 0 bridgehead atoms. The molecule has 0 saturated heterocycles. The molecule has 0 aromatic heterocycles. The highest BCUT2D eigenvalue weighted by atomic mass is 79.9. The maximum atomic E-state index is 11.0. The molecule has 110 valence electrons. The van der Waals surface area contributed by atoms with Crippen LogP contribution in [0.5, 0.6) is 0 Å². The Bertz CT molecular complexity index is 664. The molecular weight excluding hydrogens is 356 g/mol. The van der Waals surface area contributed by atoms with Gasteiger partial charge in [0, 0.05) is 33.7 Å². The second-order valence-electron chi connectivity index (χ2n) is 4.69. The van der Waals surface area contributed by atoms with Gasteiger partial charge >= 0.3 is 0 Å². The first-order valence-corrected chi connectivity index (χ1v) is 7.56. The zero-order valence-electron chi connectivity index (χ0n) is 11.3. The summed E-state index contributed by atoms with van der Waals surface area (Å²) in [6.45, 7) is 2.42. The van der Waals surface area contributed by atoms with Crippen molar-refractivity contribution in [2.24, 2.45) is 0 Å². The van der Waals surface area contributed by atoms with Gasteiger partial charge in [0.05, 0.1) is 4.92 Å². The van der Waals surface area contributed by atoms with Crippen molar-refractivity contribution in [3.63, 3.8) is 0 Å². The number of benzene rings is 2. The van der Waals surface area contributed by atoms with E-state index in [1.54, 1.807) is 12.1 Å². The van der Waals surface area contributed by atoms with Crippen molar-refractivity contribution in [3.8, 4) is 0 Å². The summed E-state index contributed by atoms with van der Waals surface area (Å²) in [4.78, 5) is 10.6. The van der Waals surface area contributed by atoms with Gasteiger partial charge in [0.25, 0.3) is 5.69 Å². The van der Waals surface area contributed by atoms with Crippen LogP contribution in [-0.2, 0) is 6.54 Å². The Labute approximate surface area is 136 Å². The van der Waals surface area contributed by atoms with Crippen LogP contribution in [0.15, 0.2) is 46.9 Å². The third-order valence-electron chi connectivity index (χ3n) is 3.19. The van der Waals surface area contributed by atoms with Crippen LogP contribution in [0, 0.1) is 10.1 Å². The molecule has 0 fully saturated rings. The lowest BCUT2D eigenvalue weighted by atomic mass is 10.1. The number of rotatable bonds is 5. The van der Waals surface area contributed by atoms with Gasteiger partial charge in [-0.05, 0) is 36.8 Å². The lowest BCUT2D eigenvalue weighted by Gasteiger charge is -2.14. The smallest absolute Gasteiger partial charge is 0.275 e. The van der Waals surface area contributed by atoms with Gasteiger partial charge in [-0.15, -0.1) is 0 Å². The van der Waals surface area contributed by atoms with Crippen LogP contribution in [0.3, 0.4) is 0 Å². The Balaban J connectivity index is 2.11. The third-order valence-corrected chi connectivity index (χ3v) is 3.92. The van der Waals surface area contributed by atoms with Crippen LogP contribution >= 0.6 is 27.5 Å². The van der Waals surface area contributed by atoms with Crippen LogP contribution < -0.4 is 5.32 Å². The van der Waals surface area contributed by atoms with Gasteiger partial charge in [-0.25, -0.2) is 0 Å². The molecule has 1 N–H and O–H groups in total. The fraction of sp³-hybridized carbons (Fsp3) is 0.200. The lowest BCUT2D eigenvalue weighted by molar-refractivity contribution is -0.385. The van der Waals surface area contributed by atoms with E-state index >= 15 is 0 Å². The Morgan fingerprint density at radius 2 is 2.10 bits per heavy atom. The number of halogens is 2. The summed E-state index contributed by atoms with van der Waals surface area (Å²) in [6, 6.07) is 12.8. The first kappa shape index (κ1) is 15.9. The fourth-order valence-corrected chi connectivity index (χ4v) is 2.60. The minimum absolute atomic E-state index is 0.0384. The van der Waals surface area contributed by atoms with Gasteiger partial charge < -0.3 is 5.32 Å². The van der Waals surface area contributed by atoms with Gasteiger partial charge in [0.15, 0.2) is 0 Å².